The Labute approximate surface area is 163 Å². The van der Waals surface area contributed by atoms with Crippen LogP contribution in [-0.4, -0.2) is 72.4 Å². The molecule has 0 radical (unpaired) electrons. The van der Waals surface area contributed by atoms with Gasteiger partial charge in [-0.3, -0.25) is 19.3 Å². The fourth-order valence-corrected chi connectivity index (χ4v) is 3.50. The minimum absolute atomic E-state index is 0.117. The number of anilines is 2. The van der Waals surface area contributed by atoms with Crippen LogP contribution in [0.4, 0.5) is 16.2 Å². The number of carbonyl (C=O) groups excluding carboxylic acids is 4. The smallest absolute Gasteiger partial charge is 0.409 e. The van der Waals surface area contributed by atoms with Crippen molar-refractivity contribution in [1.29, 1.82) is 0 Å². The predicted molar refractivity (Wildman–Crippen MR) is 102 cm³/mol. The molecule has 0 aromatic heterocycles. The predicted octanol–water partition coefficient (Wildman–Crippen LogP) is 1.05. The summed E-state index contributed by atoms with van der Waals surface area (Å²) in [6.07, 6.45) is -0.233. The summed E-state index contributed by atoms with van der Waals surface area (Å²) in [5.74, 6) is -0.708. The van der Waals surface area contributed by atoms with E-state index in [1.165, 1.54) is 11.8 Å². The van der Waals surface area contributed by atoms with E-state index in [0.717, 1.165) is 0 Å². The van der Waals surface area contributed by atoms with Crippen molar-refractivity contribution in [2.75, 3.05) is 43.0 Å². The van der Waals surface area contributed by atoms with E-state index >= 15 is 0 Å². The molecule has 9 heteroatoms. The van der Waals surface area contributed by atoms with Crippen LogP contribution in [0.1, 0.15) is 20.3 Å². The van der Waals surface area contributed by atoms with Crippen molar-refractivity contribution in [2.24, 2.45) is 0 Å². The highest BCUT2D eigenvalue weighted by atomic mass is 16.6. The number of carbonyl (C=O) groups is 4. The van der Waals surface area contributed by atoms with Gasteiger partial charge in [-0.05, 0) is 31.2 Å². The second kappa shape index (κ2) is 8.39. The summed E-state index contributed by atoms with van der Waals surface area (Å²) < 4.78 is 5.00. The quantitative estimate of drug-likeness (QED) is 0.774. The molecule has 2 saturated heterocycles. The van der Waals surface area contributed by atoms with Crippen molar-refractivity contribution in [3.8, 4) is 0 Å². The topological polar surface area (TPSA) is 99.3 Å². The van der Waals surface area contributed by atoms with Gasteiger partial charge in [0.05, 0.1) is 24.8 Å². The molecule has 0 aliphatic carbocycles. The summed E-state index contributed by atoms with van der Waals surface area (Å²) in [5.41, 5.74) is 1.08. The molecule has 150 valence electrons. The summed E-state index contributed by atoms with van der Waals surface area (Å²) in [6, 6.07) is 6.07. The average molecular weight is 388 g/mol. The van der Waals surface area contributed by atoms with E-state index in [0.29, 0.717) is 44.2 Å². The van der Waals surface area contributed by atoms with Gasteiger partial charge in [-0.15, -0.1) is 0 Å². The van der Waals surface area contributed by atoms with Gasteiger partial charge >= 0.3 is 6.09 Å². The van der Waals surface area contributed by atoms with Gasteiger partial charge in [0.2, 0.25) is 11.8 Å². The standard InChI is InChI=1S/C19H24N4O5/c1-3-28-19(27)22-10-8-21(9-11-22)16-12-17(25)23(18(16)26)15-6-4-14(5-7-15)20-13(2)24/h4-7,16H,3,8-12H2,1-2H3,(H,20,24)/t16-/m1/s1. The molecule has 9 nitrogen and oxygen atoms in total. The third kappa shape index (κ3) is 4.14. The molecular formula is C19H24N4O5. The van der Waals surface area contributed by atoms with E-state index in [1.54, 1.807) is 36.1 Å². The molecule has 2 fully saturated rings. The van der Waals surface area contributed by atoms with Crippen LogP contribution in [0.5, 0.6) is 0 Å². The summed E-state index contributed by atoms with van der Waals surface area (Å²) >= 11 is 0. The average Bonchev–Trinajstić information content (AvgIpc) is 2.97. The lowest BCUT2D eigenvalue weighted by Gasteiger charge is -2.36. The molecule has 4 amide bonds. The molecule has 0 bridgehead atoms. The third-order valence-electron chi connectivity index (χ3n) is 4.85. The highest BCUT2D eigenvalue weighted by Gasteiger charge is 2.43. The normalized spacial score (nSPS) is 20.4. The maximum absolute atomic E-state index is 12.9. The first-order valence-corrected chi connectivity index (χ1v) is 9.31. The van der Waals surface area contributed by atoms with Gasteiger partial charge in [0.15, 0.2) is 0 Å². The van der Waals surface area contributed by atoms with Crippen LogP contribution in [0.3, 0.4) is 0 Å². The Bertz CT molecular complexity index is 771. The summed E-state index contributed by atoms with van der Waals surface area (Å²) in [5, 5.41) is 2.65. The van der Waals surface area contributed by atoms with Crippen LogP contribution in [0.25, 0.3) is 0 Å². The fourth-order valence-electron chi connectivity index (χ4n) is 3.50. The Morgan fingerprint density at radius 3 is 2.32 bits per heavy atom. The lowest BCUT2D eigenvalue weighted by atomic mass is 10.2. The lowest BCUT2D eigenvalue weighted by molar-refractivity contribution is -0.123. The second-order valence-corrected chi connectivity index (χ2v) is 6.74. The van der Waals surface area contributed by atoms with Gasteiger partial charge in [-0.2, -0.15) is 0 Å². The van der Waals surface area contributed by atoms with Crippen molar-refractivity contribution in [1.82, 2.24) is 9.80 Å². The van der Waals surface area contributed by atoms with E-state index in [2.05, 4.69) is 5.32 Å². The molecule has 1 aromatic carbocycles. The van der Waals surface area contributed by atoms with Crippen molar-refractivity contribution in [3.63, 3.8) is 0 Å². The van der Waals surface area contributed by atoms with Crippen LogP contribution in [0.2, 0.25) is 0 Å². The number of nitrogens with zero attached hydrogens (tertiary/aromatic N) is 3. The zero-order chi connectivity index (χ0) is 20.3. The first kappa shape index (κ1) is 19.8. The number of hydrogen-bond donors (Lipinski definition) is 1. The minimum Gasteiger partial charge on any atom is -0.450 e. The molecule has 1 atom stereocenters. The molecule has 0 saturated carbocycles. The van der Waals surface area contributed by atoms with Crippen LogP contribution >= 0.6 is 0 Å². The third-order valence-corrected chi connectivity index (χ3v) is 4.85. The maximum atomic E-state index is 12.9. The highest BCUT2D eigenvalue weighted by Crippen LogP contribution is 2.27. The number of hydrogen-bond acceptors (Lipinski definition) is 6. The first-order valence-electron chi connectivity index (χ1n) is 9.31. The highest BCUT2D eigenvalue weighted by molar-refractivity contribution is 6.22. The summed E-state index contributed by atoms with van der Waals surface area (Å²) in [4.78, 5) is 53.0. The van der Waals surface area contributed by atoms with E-state index in [1.807, 2.05) is 4.90 Å². The molecule has 0 unspecified atom stereocenters. The zero-order valence-corrected chi connectivity index (χ0v) is 16.0. The number of ether oxygens (including phenoxy) is 1. The Balaban J connectivity index is 1.64. The molecule has 1 N–H and O–H groups in total. The molecule has 28 heavy (non-hydrogen) atoms. The largest absolute Gasteiger partial charge is 0.450 e. The fraction of sp³-hybridized carbons (Fsp3) is 0.474. The summed E-state index contributed by atoms with van der Waals surface area (Å²) in [6.45, 7) is 5.44. The summed E-state index contributed by atoms with van der Waals surface area (Å²) in [7, 11) is 0. The van der Waals surface area contributed by atoms with E-state index in [4.69, 9.17) is 4.74 Å². The monoisotopic (exact) mass is 388 g/mol. The Kier molecular flexibility index (Phi) is 5.93. The van der Waals surface area contributed by atoms with Crippen molar-refractivity contribution < 1.29 is 23.9 Å². The molecule has 0 spiro atoms. The van der Waals surface area contributed by atoms with Crippen LogP contribution in [0.15, 0.2) is 24.3 Å². The zero-order valence-electron chi connectivity index (χ0n) is 16.0. The minimum atomic E-state index is -0.521. The molecule has 2 aliphatic rings. The van der Waals surface area contributed by atoms with Gasteiger partial charge in [-0.25, -0.2) is 9.69 Å². The Morgan fingerprint density at radius 2 is 1.75 bits per heavy atom. The van der Waals surface area contributed by atoms with Gasteiger partial charge in [-0.1, -0.05) is 0 Å². The van der Waals surface area contributed by atoms with E-state index in [-0.39, 0.29) is 30.2 Å². The van der Waals surface area contributed by atoms with Crippen LogP contribution < -0.4 is 10.2 Å². The Morgan fingerprint density at radius 1 is 1.11 bits per heavy atom. The van der Waals surface area contributed by atoms with E-state index in [9.17, 15) is 19.2 Å². The molecule has 3 rings (SSSR count). The number of nitrogens with one attached hydrogen (secondary N) is 1. The molecule has 2 aliphatic heterocycles. The van der Waals surface area contributed by atoms with Crippen molar-refractivity contribution >= 4 is 35.2 Å². The number of piperazine rings is 1. The van der Waals surface area contributed by atoms with Crippen LogP contribution in [-0.2, 0) is 19.1 Å². The SMILES string of the molecule is CCOC(=O)N1CCN([C@@H]2CC(=O)N(c3ccc(NC(C)=O)cc3)C2=O)CC1. The van der Waals surface area contributed by atoms with Gasteiger partial charge in [0.1, 0.15) is 0 Å². The van der Waals surface area contributed by atoms with Gasteiger partial charge < -0.3 is 15.0 Å². The number of benzene rings is 1. The number of rotatable bonds is 4. The van der Waals surface area contributed by atoms with Gasteiger partial charge in [0, 0.05) is 38.8 Å². The number of imide groups is 1. The lowest BCUT2D eigenvalue weighted by Crippen LogP contribution is -2.54. The van der Waals surface area contributed by atoms with Crippen LogP contribution in [0, 0.1) is 0 Å². The first-order chi connectivity index (χ1) is 13.4. The van der Waals surface area contributed by atoms with E-state index < -0.39 is 6.04 Å². The van der Waals surface area contributed by atoms with Crippen molar-refractivity contribution in [2.45, 2.75) is 26.3 Å². The molecule has 1 aromatic rings. The second-order valence-electron chi connectivity index (χ2n) is 6.74. The van der Waals surface area contributed by atoms with Gasteiger partial charge in [0.25, 0.3) is 5.91 Å². The maximum Gasteiger partial charge on any atom is 0.409 e. The number of amides is 4. The molecular weight excluding hydrogens is 364 g/mol. The Hall–Kier alpha value is -2.94. The van der Waals surface area contributed by atoms with Crippen molar-refractivity contribution in [3.05, 3.63) is 24.3 Å². The molecule has 2 heterocycles.